The summed E-state index contributed by atoms with van der Waals surface area (Å²) in [4.78, 5) is 32.9. The number of anilines is 1. The molecule has 0 radical (unpaired) electrons. The molecule has 3 aromatic heterocycles. The summed E-state index contributed by atoms with van der Waals surface area (Å²) in [6.07, 6.45) is 2.74. The van der Waals surface area contributed by atoms with Crippen LogP contribution in [-0.2, 0) is 16.6 Å². The van der Waals surface area contributed by atoms with Crippen molar-refractivity contribution in [2.45, 2.75) is 26.4 Å². The molecule has 0 saturated carbocycles. The van der Waals surface area contributed by atoms with Gasteiger partial charge in [-0.1, -0.05) is 0 Å². The van der Waals surface area contributed by atoms with Gasteiger partial charge in [0.2, 0.25) is 5.91 Å². The number of alkyl carbamates (subject to hydrolysis) is 1. The zero-order valence-electron chi connectivity index (χ0n) is 19.9. The molecule has 0 aliphatic carbocycles. The van der Waals surface area contributed by atoms with Crippen molar-refractivity contribution in [3.63, 3.8) is 0 Å². The van der Waals surface area contributed by atoms with E-state index in [1.165, 1.54) is 12.1 Å². The maximum Gasteiger partial charge on any atom is 0.408 e. The van der Waals surface area contributed by atoms with Gasteiger partial charge in [-0.15, -0.1) is 0 Å². The van der Waals surface area contributed by atoms with Crippen LogP contribution in [0.15, 0.2) is 60.9 Å². The molecule has 1 aromatic carbocycles. The Bertz CT molecular complexity index is 1380. The Morgan fingerprint density at radius 3 is 2.34 bits per heavy atom. The molecule has 0 fully saturated rings. The van der Waals surface area contributed by atoms with Gasteiger partial charge in [-0.2, -0.15) is 0 Å². The molecule has 0 unspecified atom stereocenters. The summed E-state index contributed by atoms with van der Waals surface area (Å²) in [5.74, 6) is -0.424. The van der Waals surface area contributed by atoms with Gasteiger partial charge in [-0.3, -0.25) is 9.78 Å². The summed E-state index contributed by atoms with van der Waals surface area (Å²) >= 11 is 0. The fraction of sp³-hybridized carbons (Fsp3) is 0.231. The number of hydrogen-bond acceptors (Lipinski definition) is 5. The van der Waals surface area contributed by atoms with E-state index in [1.807, 2.05) is 29.8 Å². The van der Waals surface area contributed by atoms with Crippen LogP contribution < -0.4 is 10.6 Å². The van der Waals surface area contributed by atoms with Crippen LogP contribution in [0.1, 0.15) is 20.8 Å². The van der Waals surface area contributed by atoms with Crippen molar-refractivity contribution in [2.75, 3.05) is 11.9 Å². The third-order valence-corrected chi connectivity index (χ3v) is 5.18. The van der Waals surface area contributed by atoms with Gasteiger partial charge in [0.1, 0.15) is 29.4 Å². The summed E-state index contributed by atoms with van der Waals surface area (Å²) in [5.41, 5.74) is 3.52. The lowest BCUT2D eigenvalue weighted by atomic mass is 9.99. The first-order chi connectivity index (χ1) is 16.6. The molecular formula is C26H26FN5O3. The third kappa shape index (κ3) is 5.46. The van der Waals surface area contributed by atoms with Crippen LogP contribution in [0.25, 0.3) is 33.4 Å². The minimum absolute atomic E-state index is 0.259. The molecule has 0 bridgehead atoms. The van der Waals surface area contributed by atoms with Gasteiger partial charge >= 0.3 is 6.09 Å². The molecule has 8 nitrogen and oxygen atoms in total. The van der Waals surface area contributed by atoms with Crippen LogP contribution in [0.5, 0.6) is 0 Å². The number of aromatic nitrogens is 3. The van der Waals surface area contributed by atoms with E-state index in [0.29, 0.717) is 11.5 Å². The van der Waals surface area contributed by atoms with Crippen LogP contribution in [0, 0.1) is 5.82 Å². The predicted octanol–water partition coefficient (Wildman–Crippen LogP) is 4.90. The molecule has 0 aliphatic heterocycles. The highest BCUT2D eigenvalue weighted by Gasteiger charge is 2.21. The van der Waals surface area contributed by atoms with E-state index in [-0.39, 0.29) is 12.4 Å². The number of benzene rings is 1. The van der Waals surface area contributed by atoms with Crippen molar-refractivity contribution >= 4 is 28.9 Å². The predicted molar refractivity (Wildman–Crippen MR) is 132 cm³/mol. The van der Waals surface area contributed by atoms with Gasteiger partial charge in [0.05, 0.1) is 5.69 Å². The molecule has 0 aliphatic rings. The molecule has 35 heavy (non-hydrogen) atoms. The van der Waals surface area contributed by atoms with E-state index in [0.717, 1.165) is 27.8 Å². The number of rotatable bonds is 5. The summed E-state index contributed by atoms with van der Waals surface area (Å²) < 4.78 is 20.6. The number of carbonyl (C=O) groups excluding carboxylic acids is 2. The number of pyridine rings is 2. The Morgan fingerprint density at radius 1 is 1.00 bits per heavy atom. The number of carbonyl (C=O) groups is 2. The monoisotopic (exact) mass is 475 g/mol. The zero-order valence-corrected chi connectivity index (χ0v) is 19.9. The van der Waals surface area contributed by atoms with E-state index >= 15 is 0 Å². The van der Waals surface area contributed by atoms with Crippen LogP contribution in [0.4, 0.5) is 15.0 Å². The second-order valence-electron chi connectivity index (χ2n) is 9.00. The molecule has 9 heteroatoms. The average molecular weight is 476 g/mol. The smallest absolute Gasteiger partial charge is 0.408 e. The summed E-state index contributed by atoms with van der Waals surface area (Å²) in [5, 5.41) is 5.99. The SMILES string of the molecule is Cn1c(-c2ccc(F)cc2)c(-c2ccncc2)c2ccc(NC(=O)CNC(=O)OC(C)(C)C)nc21. The van der Waals surface area contributed by atoms with E-state index in [1.54, 1.807) is 51.4 Å². The van der Waals surface area contributed by atoms with Crippen LogP contribution in [0.3, 0.4) is 0 Å². The molecular weight excluding hydrogens is 449 g/mol. The largest absolute Gasteiger partial charge is 0.444 e. The Labute approximate surface area is 202 Å². The van der Waals surface area contributed by atoms with Gasteiger partial charge < -0.3 is 19.9 Å². The molecule has 180 valence electrons. The first-order valence-electron chi connectivity index (χ1n) is 11.0. The Morgan fingerprint density at radius 2 is 1.69 bits per heavy atom. The van der Waals surface area contributed by atoms with E-state index < -0.39 is 17.6 Å². The maximum atomic E-state index is 13.6. The number of aryl methyl sites for hydroxylation is 1. The Balaban J connectivity index is 1.66. The van der Waals surface area contributed by atoms with Crippen molar-refractivity contribution < 1.29 is 18.7 Å². The van der Waals surface area contributed by atoms with Gasteiger partial charge in [0, 0.05) is 30.4 Å². The number of nitrogens with one attached hydrogen (secondary N) is 2. The minimum Gasteiger partial charge on any atom is -0.444 e. The standard InChI is InChI=1S/C26H26FN5O3/c1-26(2,3)35-25(34)29-15-21(33)30-20-10-9-19-22(16-11-13-28-14-12-16)23(32(4)24(19)31-20)17-5-7-18(27)8-6-17/h5-14H,15H2,1-4H3,(H,29,34)(H,30,31,33). The first-order valence-corrected chi connectivity index (χ1v) is 11.0. The normalized spacial score (nSPS) is 11.3. The molecule has 4 aromatic rings. The fourth-order valence-corrected chi connectivity index (χ4v) is 3.78. The third-order valence-electron chi connectivity index (χ3n) is 5.18. The highest BCUT2D eigenvalue weighted by molar-refractivity contribution is 6.04. The van der Waals surface area contributed by atoms with Gasteiger partial charge in [0.25, 0.3) is 0 Å². The number of fused-ring (bicyclic) bond motifs is 1. The van der Waals surface area contributed by atoms with Gasteiger partial charge in [-0.25, -0.2) is 14.2 Å². The lowest BCUT2D eigenvalue weighted by molar-refractivity contribution is -0.115. The first kappa shape index (κ1) is 23.9. The molecule has 0 atom stereocenters. The molecule has 2 amide bonds. The quantitative estimate of drug-likeness (QED) is 0.428. The number of hydrogen-bond donors (Lipinski definition) is 2. The van der Waals surface area contributed by atoms with Crippen molar-refractivity contribution in [3.05, 3.63) is 66.7 Å². The van der Waals surface area contributed by atoms with Crippen molar-refractivity contribution in [2.24, 2.45) is 7.05 Å². The number of ether oxygens (including phenoxy) is 1. The molecule has 2 N–H and O–H groups in total. The molecule has 0 saturated heterocycles. The highest BCUT2D eigenvalue weighted by Crippen LogP contribution is 2.40. The Hall–Kier alpha value is -4.27. The van der Waals surface area contributed by atoms with Crippen molar-refractivity contribution in [1.29, 1.82) is 0 Å². The molecule has 4 rings (SSSR count). The lowest BCUT2D eigenvalue weighted by Crippen LogP contribution is -2.37. The summed E-state index contributed by atoms with van der Waals surface area (Å²) in [6, 6.07) is 13.7. The molecule has 3 heterocycles. The highest BCUT2D eigenvalue weighted by atomic mass is 19.1. The summed E-state index contributed by atoms with van der Waals surface area (Å²) in [6.45, 7) is 4.97. The average Bonchev–Trinajstić information content (AvgIpc) is 3.10. The van der Waals surface area contributed by atoms with E-state index in [9.17, 15) is 14.0 Å². The number of halogens is 1. The van der Waals surface area contributed by atoms with Crippen LogP contribution in [-0.4, -0.2) is 38.7 Å². The van der Waals surface area contributed by atoms with Crippen LogP contribution >= 0.6 is 0 Å². The van der Waals surface area contributed by atoms with Gasteiger partial charge in [-0.05, 0) is 80.4 Å². The van der Waals surface area contributed by atoms with Gasteiger partial charge in [0.15, 0.2) is 0 Å². The number of nitrogens with zero attached hydrogens (tertiary/aromatic N) is 3. The second-order valence-corrected chi connectivity index (χ2v) is 9.00. The maximum absolute atomic E-state index is 13.6. The lowest BCUT2D eigenvalue weighted by Gasteiger charge is -2.19. The van der Waals surface area contributed by atoms with E-state index in [2.05, 4.69) is 20.6 Å². The zero-order chi connectivity index (χ0) is 25.2. The molecule has 0 spiro atoms. The number of amides is 2. The van der Waals surface area contributed by atoms with E-state index in [4.69, 9.17) is 4.74 Å². The second kappa shape index (κ2) is 9.54. The minimum atomic E-state index is -0.676. The van der Waals surface area contributed by atoms with Crippen molar-refractivity contribution in [3.8, 4) is 22.4 Å². The topological polar surface area (TPSA) is 98.1 Å². The summed E-state index contributed by atoms with van der Waals surface area (Å²) in [7, 11) is 1.87. The van der Waals surface area contributed by atoms with Crippen LogP contribution in [0.2, 0.25) is 0 Å². The van der Waals surface area contributed by atoms with Crippen molar-refractivity contribution in [1.82, 2.24) is 19.9 Å². The Kier molecular flexibility index (Phi) is 6.50. The fourth-order valence-electron chi connectivity index (χ4n) is 3.78.